The van der Waals surface area contributed by atoms with E-state index in [1.54, 1.807) is 11.3 Å². The number of thiophene rings is 1. The average molecular weight is 357 g/mol. The van der Waals surface area contributed by atoms with Crippen molar-refractivity contribution >= 4 is 29.7 Å². The number of fused-ring (bicyclic) bond motifs is 1. The predicted molar refractivity (Wildman–Crippen MR) is 100.0 cm³/mol. The summed E-state index contributed by atoms with van der Waals surface area (Å²) >= 11 is 1.76. The Morgan fingerprint density at radius 2 is 2.00 bits per heavy atom. The van der Waals surface area contributed by atoms with Crippen molar-refractivity contribution in [2.75, 3.05) is 26.2 Å². The second-order valence-corrected chi connectivity index (χ2v) is 7.80. The Hall–Kier alpha value is -0.580. The van der Waals surface area contributed by atoms with Gasteiger partial charge in [-0.15, -0.1) is 23.7 Å². The monoisotopic (exact) mass is 356 g/mol. The Kier molecular flexibility index (Phi) is 7.38. The number of likely N-dealkylation sites (tertiary alicyclic amines) is 1. The molecule has 1 aromatic heterocycles. The minimum Gasteiger partial charge on any atom is -0.338 e. The lowest BCUT2D eigenvalue weighted by Gasteiger charge is -2.31. The summed E-state index contributed by atoms with van der Waals surface area (Å²) in [5.74, 6) is 1.02. The van der Waals surface area contributed by atoms with E-state index >= 15 is 0 Å². The summed E-state index contributed by atoms with van der Waals surface area (Å²) in [7, 11) is 0. The molecule has 130 valence electrons. The molecule has 2 aliphatic rings. The van der Waals surface area contributed by atoms with Gasteiger partial charge in [0.25, 0.3) is 5.91 Å². The van der Waals surface area contributed by atoms with Crippen molar-refractivity contribution in [2.45, 2.75) is 51.9 Å². The van der Waals surface area contributed by atoms with E-state index in [0.717, 1.165) is 49.8 Å². The van der Waals surface area contributed by atoms with Gasteiger partial charge in [-0.05, 0) is 69.2 Å². The second-order valence-electron chi connectivity index (χ2n) is 6.66. The fourth-order valence-corrected chi connectivity index (χ4v) is 4.84. The molecule has 0 radical (unpaired) electrons. The molecule has 0 spiro atoms. The molecule has 1 aliphatic heterocycles. The minimum absolute atomic E-state index is 0. The standard InChI is InChI=1S/C18H28N2OS.ClH/c1-2-19-13-14-8-10-20(11-9-14)18(21)17-12-15-6-4-3-5-7-16(15)22-17;/h12,14,19H,2-11,13H2,1H3;1H. The zero-order chi connectivity index (χ0) is 15.4. The van der Waals surface area contributed by atoms with Crippen LogP contribution in [0.1, 0.15) is 59.1 Å². The number of amides is 1. The molecule has 23 heavy (non-hydrogen) atoms. The van der Waals surface area contributed by atoms with Crippen LogP contribution in [0.15, 0.2) is 6.07 Å². The molecule has 0 unspecified atom stereocenters. The number of hydrogen-bond donors (Lipinski definition) is 1. The predicted octanol–water partition coefficient (Wildman–Crippen LogP) is 3.90. The normalized spacial score (nSPS) is 18.9. The van der Waals surface area contributed by atoms with Gasteiger partial charge >= 0.3 is 0 Å². The van der Waals surface area contributed by atoms with Gasteiger partial charge in [0.1, 0.15) is 0 Å². The van der Waals surface area contributed by atoms with Crippen LogP contribution in [0.25, 0.3) is 0 Å². The van der Waals surface area contributed by atoms with Crippen LogP contribution < -0.4 is 5.32 Å². The molecule has 2 heterocycles. The fourth-order valence-electron chi connectivity index (χ4n) is 3.62. The molecule has 0 saturated carbocycles. The Balaban J connectivity index is 0.00000192. The zero-order valence-corrected chi connectivity index (χ0v) is 15.7. The number of hydrogen-bond acceptors (Lipinski definition) is 3. The van der Waals surface area contributed by atoms with Crippen molar-refractivity contribution < 1.29 is 4.79 Å². The van der Waals surface area contributed by atoms with Gasteiger partial charge < -0.3 is 10.2 Å². The molecule has 1 N–H and O–H groups in total. The highest BCUT2D eigenvalue weighted by molar-refractivity contribution is 7.14. The molecule has 5 heteroatoms. The van der Waals surface area contributed by atoms with E-state index in [1.165, 1.54) is 42.5 Å². The van der Waals surface area contributed by atoms with Gasteiger partial charge in [-0.25, -0.2) is 0 Å². The van der Waals surface area contributed by atoms with Crippen LogP contribution in [0, 0.1) is 5.92 Å². The van der Waals surface area contributed by atoms with E-state index < -0.39 is 0 Å². The van der Waals surface area contributed by atoms with Gasteiger partial charge in [0.15, 0.2) is 0 Å². The first kappa shape index (κ1) is 18.8. The maximum atomic E-state index is 12.7. The maximum absolute atomic E-state index is 12.7. The molecule has 0 bridgehead atoms. The molecule has 3 rings (SSSR count). The molecule has 1 aromatic rings. The Morgan fingerprint density at radius 3 is 2.74 bits per heavy atom. The summed E-state index contributed by atoms with van der Waals surface area (Å²) in [5, 5.41) is 3.43. The number of piperidine rings is 1. The van der Waals surface area contributed by atoms with E-state index in [-0.39, 0.29) is 18.3 Å². The smallest absolute Gasteiger partial charge is 0.263 e. The van der Waals surface area contributed by atoms with Crippen LogP contribution in [-0.4, -0.2) is 37.0 Å². The first-order chi connectivity index (χ1) is 10.8. The van der Waals surface area contributed by atoms with Crippen molar-refractivity contribution in [1.29, 1.82) is 0 Å². The Labute approximate surface area is 150 Å². The number of nitrogens with one attached hydrogen (secondary N) is 1. The number of carbonyl (C=O) groups excluding carboxylic acids is 1. The first-order valence-corrected chi connectivity index (χ1v) is 9.71. The third-order valence-corrected chi connectivity index (χ3v) is 6.27. The third-order valence-electron chi connectivity index (χ3n) is 5.04. The Bertz CT molecular complexity index is 486. The SMILES string of the molecule is CCNCC1CCN(C(=O)c2cc3c(s2)CCCCC3)CC1.Cl. The van der Waals surface area contributed by atoms with Crippen molar-refractivity contribution in [3.05, 3.63) is 21.4 Å². The van der Waals surface area contributed by atoms with Crippen LogP contribution in [0.3, 0.4) is 0 Å². The summed E-state index contributed by atoms with van der Waals surface area (Å²) in [6.07, 6.45) is 8.55. The summed E-state index contributed by atoms with van der Waals surface area (Å²) < 4.78 is 0. The number of halogens is 1. The number of aryl methyl sites for hydroxylation is 2. The van der Waals surface area contributed by atoms with E-state index in [2.05, 4.69) is 23.2 Å². The van der Waals surface area contributed by atoms with E-state index in [4.69, 9.17) is 0 Å². The summed E-state index contributed by atoms with van der Waals surface area (Å²) in [6, 6.07) is 2.19. The summed E-state index contributed by atoms with van der Waals surface area (Å²) in [4.78, 5) is 17.3. The third kappa shape index (κ3) is 4.71. The first-order valence-electron chi connectivity index (χ1n) is 8.89. The molecular formula is C18H29ClN2OS. The maximum Gasteiger partial charge on any atom is 0.263 e. The summed E-state index contributed by atoms with van der Waals surface area (Å²) in [6.45, 7) is 6.15. The van der Waals surface area contributed by atoms with E-state index in [9.17, 15) is 4.79 Å². The number of nitrogens with zero attached hydrogens (tertiary/aromatic N) is 1. The molecule has 1 saturated heterocycles. The van der Waals surface area contributed by atoms with Crippen LogP contribution in [0.2, 0.25) is 0 Å². The van der Waals surface area contributed by atoms with Gasteiger partial charge in [0.2, 0.25) is 0 Å². The number of carbonyl (C=O) groups is 1. The van der Waals surface area contributed by atoms with Crippen LogP contribution in [0.4, 0.5) is 0 Å². The molecule has 0 aromatic carbocycles. The van der Waals surface area contributed by atoms with Crippen molar-refractivity contribution in [2.24, 2.45) is 5.92 Å². The molecule has 1 aliphatic carbocycles. The molecule has 0 atom stereocenters. The van der Waals surface area contributed by atoms with Crippen LogP contribution in [0.5, 0.6) is 0 Å². The summed E-state index contributed by atoms with van der Waals surface area (Å²) in [5.41, 5.74) is 1.45. The lowest BCUT2D eigenvalue weighted by Crippen LogP contribution is -2.40. The van der Waals surface area contributed by atoms with E-state index in [0.29, 0.717) is 0 Å². The lowest BCUT2D eigenvalue weighted by molar-refractivity contribution is 0.0695. The average Bonchev–Trinajstić information content (AvgIpc) is 2.83. The molecule has 1 amide bonds. The topological polar surface area (TPSA) is 32.3 Å². The van der Waals surface area contributed by atoms with Gasteiger partial charge in [0, 0.05) is 18.0 Å². The Morgan fingerprint density at radius 1 is 1.26 bits per heavy atom. The minimum atomic E-state index is 0. The zero-order valence-electron chi connectivity index (χ0n) is 14.1. The van der Waals surface area contributed by atoms with Gasteiger partial charge in [-0.3, -0.25) is 4.79 Å². The van der Waals surface area contributed by atoms with E-state index in [1.807, 2.05) is 0 Å². The van der Waals surface area contributed by atoms with Crippen molar-refractivity contribution in [1.82, 2.24) is 10.2 Å². The van der Waals surface area contributed by atoms with Gasteiger partial charge in [-0.2, -0.15) is 0 Å². The quantitative estimate of drug-likeness (QED) is 0.830. The highest BCUT2D eigenvalue weighted by atomic mass is 35.5. The van der Waals surface area contributed by atoms with Crippen molar-refractivity contribution in [3.8, 4) is 0 Å². The fraction of sp³-hybridized carbons (Fsp3) is 0.722. The molecular weight excluding hydrogens is 328 g/mol. The second kappa shape index (κ2) is 9.05. The number of rotatable bonds is 4. The highest BCUT2D eigenvalue weighted by Gasteiger charge is 2.25. The molecule has 1 fully saturated rings. The largest absolute Gasteiger partial charge is 0.338 e. The molecule has 3 nitrogen and oxygen atoms in total. The van der Waals surface area contributed by atoms with Gasteiger partial charge in [-0.1, -0.05) is 13.3 Å². The van der Waals surface area contributed by atoms with Crippen molar-refractivity contribution in [3.63, 3.8) is 0 Å². The van der Waals surface area contributed by atoms with Crippen LogP contribution >= 0.6 is 23.7 Å². The lowest BCUT2D eigenvalue weighted by atomic mass is 9.96. The van der Waals surface area contributed by atoms with Gasteiger partial charge in [0.05, 0.1) is 4.88 Å². The van der Waals surface area contributed by atoms with Crippen LogP contribution in [-0.2, 0) is 12.8 Å². The highest BCUT2D eigenvalue weighted by Crippen LogP contribution is 2.30.